The van der Waals surface area contributed by atoms with Crippen LogP contribution in [0.15, 0.2) is 40.3 Å². The number of hydrogen-bond donors (Lipinski definition) is 1. The molecule has 0 saturated carbocycles. The van der Waals surface area contributed by atoms with Crippen molar-refractivity contribution in [1.82, 2.24) is 15.2 Å². The predicted molar refractivity (Wildman–Crippen MR) is 101 cm³/mol. The Kier molecular flexibility index (Phi) is 5.47. The van der Waals surface area contributed by atoms with Crippen molar-refractivity contribution < 1.29 is 9.53 Å². The number of ether oxygens (including phenoxy) is 1. The quantitative estimate of drug-likeness (QED) is 0.584. The number of thiocarbonyl (C=S) groups is 1. The maximum absolute atomic E-state index is 11.5. The number of halogens is 1. The SMILES string of the molecule is COC(=O)CCN1C(=S)N[C@@H](c2ccccn2)[C@H]1c1ccc(Br)s1. The Labute approximate surface area is 158 Å². The van der Waals surface area contributed by atoms with Crippen LogP contribution in [0.4, 0.5) is 0 Å². The van der Waals surface area contributed by atoms with Crippen LogP contribution in [0.5, 0.6) is 0 Å². The van der Waals surface area contributed by atoms with Crippen molar-refractivity contribution in [3.05, 3.63) is 50.9 Å². The van der Waals surface area contributed by atoms with Crippen molar-refractivity contribution >= 4 is 50.6 Å². The summed E-state index contributed by atoms with van der Waals surface area (Å²) in [5.41, 5.74) is 0.926. The van der Waals surface area contributed by atoms with Crippen LogP contribution >= 0.6 is 39.5 Å². The Morgan fingerprint density at radius 1 is 1.46 bits per heavy atom. The van der Waals surface area contributed by atoms with Crippen LogP contribution < -0.4 is 5.32 Å². The molecule has 0 aromatic carbocycles. The first-order valence-electron chi connectivity index (χ1n) is 7.40. The Bertz CT molecular complexity index is 738. The molecule has 0 unspecified atom stereocenters. The summed E-state index contributed by atoms with van der Waals surface area (Å²) >= 11 is 10.7. The summed E-state index contributed by atoms with van der Waals surface area (Å²) in [6, 6.07) is 9.88. The largest absolute Gasteiger partial charge is 0.469 e. The minimum absolute atomic E-state index is 0.00615. The molecule has 0 bridgehead atoms. The van der Waals surface area contributed by atoms with Gasteiger partial charge in [-0.05, 0) is 52.4 Å². The number of carbonyl (C=O) groups excluding carboxylic acids is 1. The van der Waals surface area contributed by atoms with E-state index in [1.54, 1.807) is 17.5 Å². The third-order valence-corrected chi connectivity index (χ3v) is 5.91. The number of nitrogens with one attached hydrogen (secondary N) is 1. The molecular formula is C16H16BrN3O2S2. The van der Waals surface area contributed by atoms with Crippen LogP contribution in [-0.2, 0) is 9.53 Å². The van der Waals surface area contributed by atoms with Gasteiger partial charge in [-0.15, -0.1) is 11.3 Å². The van der Waals surface area contributed by atoms with Crippen molar-refractivity contribution in [2.45, 2.75) is 18.5 Å². The average molecular weight is 426 g/mol. The van der Waals surface area contributed by atoms with Crippen molar-refractivity contribution in [2.75, 3.05) is 13.7 Å². The lowest BCUT2D eigenvalue weighted by molar-refractivity contribution is -0.140. The molecule has 126 valence electrons. The number of nitrogens with zero attached hydrogens (tertiary/aromatic N) is 2. The lowest BCUT2D eigenvalue weighted by Gasteiger charge is -2.26. The van der Waals surface area contributed by atoms with Gasteiger partial charge in [-0.1, -0.05) is 6.07 Å². The molecule has 0 aliphatic carbocycles. The van der Waals surface area contributed by atoms with Crippen molar-refractivity contribution in [2.24, 2.45) is 0 Å². The molecule has 2 aromatic rings. The fourth-order valence-corrected chi connectivity index (χ4v) is 4.66. The van der Waals surface area contributed by atoms with Crippen LogP contribution in [0.2, 0.25) is 0 Å². The van der Waals surface area contributed by atoms with E-state index in [0.29, 0.717) is 11.7 Å². The van der Waals surface area contributed by atoms with Crippen molar-refractivity contribution in [3.8, 4) is 0 Å². The normalized spacial score (nSPS) is 20.1. The second-order valence-corrected chi connectivity index (χ2v) is 8.17. The maximum atomic E-state index is 11.5. The number of carbonyl (C=O) groups is 1. The van der Waals surface area contributed by atoms with E-state index in [9.17, 15) is 4.79 Å². The van der Waals surface area contributed by atoms with E-state index in [2.05, 4.69) is 32.3 Å². The molecule has 0 spiro atoms. The van der Waals surface area contributed by atoms with Crippen molar-refractivity contribution in [1.29, 1.82) is 0 Å². The first kappa shape index (κ1) is 17.3. The second kappa shape index (κ2) is 7.58. The number of esters is 1. The summed E-state index contributed by atoms with van der Waals surface area (Å²) < 4.78 is 5.81. The van der Waals surface area contributed by atoms with E-state index < -0.39 is 0 Å². The van der Waals surface area contributed by atoms with E-state index in [-0.39, 0.29) is 24.5 Å². The molecule has 24 heavy (non-hydrogen) atoms. The zero-order valence-corrected chi connectivity index (χ0v) is 16.2. The summed E-state index contributed by atoms with van der Waals surface area (Å²) in [7, 11) is 1.40. The molecule has 0 radical (unpaired) electrons. The van der Waals surface area contributed by atoms with E-state index in [1.165, 1.54) is 7.11 Å². The fraction of sp³-hybridized carbons (Fsp3) is 0.312. The van der Waals surface area contributed by atoms with Crippen LogP contribution in [-0.4, -0.2) is 34.6 Å². The summed E-state index contributed by atoms with van der Waals surface area (Å²) in [6.45, 7) is 0.502. The molecule has 1 saturated heterocycles. The van der Waals surface area contributed by atoms with Crippen LogP contribution in [0.1, 0.15) is 29.1 Å². The second-order valence-electron chi connectivity index (χ2n) is 5.29. The summed E-state index contributed by atoms with van der Waals surface area (Å²) in [5, 5.41) is 3.98. The van der Waals surface area contributed by atoms with Gasteiger partial charge in [-0.25, -0.2) is 0 Å². The molecule has 3 rings (SSSR count). The van der Waals surface area contributed by atoms with Gasteiger partial charge in [0.15, 0.2) is 5.11 Å². The molecule has 1 fully saturated rings. The van der Waals surface area contributed by atoms with Crippen LogP contribution in [0.25, 0.3) is 0 Å². The number of rotatable bonds is 5. The Morgan fingerprint density at radius 2 is 2.29 bits per heavy atom. The Balaban J connectivity index is 1.92. The number of thiophene rings is 1. The lowest BCUT2D eigenvalue weighted by Crippen LogP contribution is -2.31. The topological polar surface area (TPSA) is 54.5 Å². The van der Waals surface area contributed by atoms with Crippen LogP contribution in [0.3, 0.4) is 0 Å². The minimum Gasteiger partial charge on any atom is -0.469 e. The van der Waals surface area contributed by atoms with Gasteiger partial charge in [0.05, 0.1) is 35.1 Å². The van der Waals surface area contributed by atoms with E-state index in [0.717, 1.165) is 14.4 Å². The number of pyridine rings is 1. The highest BCUT2D eigenvalue weighted by atomic mass is 79.9. The molecule has 0 amide bonds. The predicted octanol–water partition coefficient (Wildman–Crippen LogP) is 3.44. The van der Waals surface area contributed by atoms with Gasteiger partial charge in [0.2, 0.25) is 0 Å². The van der Waals surface area contributed by atoms with E-state index in [4.69, 9.17) is 17.0 Å². The van der Waals surface area contributed by atoms with Gasteiger partial charge in [0.25, 0.3) is 0 Å². The highest BCUT2D eigenvalue weighted by Crippen LogP contribution is 2.42. The first-order valence-corrected chi connectivity index (χ1v) is 9.42. The van der Waals surface area contributed by atoms with Gasteiger partial charge in [-0.2, -0.15) is 0 Å². The van der Waals surface area contributed by atoms with Gasteiger partial charge in [-0.3, -0.25) is 9.78 Å². The number of aromatic nitrogens is 1. The Hall–Kier alpha value is -1.51. The standard InChI is InChI=1S/C16H16BrN3O2S2/c1-22-13(21)7-9-20-15(11-5-6-12(17)24-11)14(19-16(20)23)10-4-2-3-8-18-10/h2-6,8,14-15H,7,9H2,1H3,(H,19,23)/t14-,15+/m0/s1. The maximum Gasteiger partial charge on any atom is 0.307 e. The highest BCUT2D eigenvalue weighted by Gasteiger charge is 2.40. The smallest absolute Gasteiger partial charge is 0.307 e. The number of methoxy groups -OCH3 is 1. The molecule has 3 heterocycles. The zero-order valence-electron chi connectivity index (χ0n) is 12.9. The van der Waals surface area contributed by atoms with Gasteiger partial charge < -0.3 is 15.0 Å². The first-order chi connectivity index (χ1) is 11.6. The molecule has 2 atom stereocenters. The van der Waals surface area contributed by atoms with Gasteiger partial charge in [0, 0.05) is 17.6 Å². The molecule has 1 aliphatic rings. The summed E-state index contributed by atoms with van der Waals surface area (Å²) in [4.78, 5) is 19.2. The molecular weight excluding hydrogens is 410 g/mol. The number of hydrogen-bond acceptors (Lipinski definition) is 5. The fourth-order valence-electron chi connectivity index (χ4n) is 2.76. The van der Waals surface area contributed by atoms with Gasteiger partial charge in [0.1, 0.15) is 0 Å². The third kappa shape index (κ3) is 3.60. The molecule has 2 aromatic heterocycles. The van der Waals surface area contributed by atoms with Crippen LogP contribution in [0, 0.1) is 0 Å². The monoisotopic (exact) mass is 425 g/mol. The van der Waals surface area contributed by atoms with E-state index >= 15 is 0 Å². The lowest BCUT2D eigenvalue weighted by atomic mass is 10.0. The Morgan fingerprint density at radius 3 is 2.92 bits per heavy atom. The third-order valence-electron chi connectivity index (χ3n) is 3.87. The zero-order chi connectivity index (χ0) is 17.1. The molecule has 1 aliphatic heterocycles. The average Bonchev–Trinajstić information content (AvgIpc) is 3.16. The minimum atomic E-state index is -0.245. The highest BCUT2D eigenvalue weighted by molar-refractivity contribution is 9.11. The molecule has 1 N–H and O–H groups in total. The summed E-state index contributed by atoms with van der Waals surface area (Å²) in [5.74, 6) is -0.245. The molecule has 5 nitrogen and oxygen atoms in total. The summed E-state index contributed by atoms with van der Waals surface area (Å²) in [6.07, 6.45) is 2.06. The van der Waals surface area contributed by atoms with Crippen molar-refractivity contribution in [3.63, 3.8) is 0 Å². The van der Waals surface area contributed by atoms with E-state index in [1.807, 2.05) is 29.2 Å². The molecule has 8 heteroatoms. The van der Waals surface area contributed by atoms with Gasteiger partial charge >= 0.3 is 5.97 Å².